The number of pyridine rings is 1. The second kappa shape index (κ2) is 9.41. The summed E-state index contributed by atoms with van der Waals surface area (Å²) in [5.41, 5.74) is 1.53. The summed E-state index contributed by atoms with van der Waals surface area (Å²) < 4.78 is 16.0. The number of amides is 2. The summed E-state index contributed by atoms with van der Waals surface area (Å²) in [6, 6.07) is 5.69. The topological polar surface area (TPSA) is 80.1 Å². The van der Waals surface area contributed by atoms with Crippen molar-refractivity contribution in [3.8, 4) is 12.3 Å². The first-order chi connectivity index (χ1) is 15.9. The zero-order chi connectivity index (χ0) is 23.5. The lowest BCUT2D eigenvalue weighted by atomic mass is 10.1. The van der Waals surface area contributed by atoms with Crippen molar-refractivity contribution in [2.24, 2.45) is 0 Å². The highest BCUT2D eigenvalue weighted by atomic mass is 19.1. The van der Waals surface area contributed by atoms with Gasteiger partial charge in [0.2, 0.25) is 0 Å². The van der Waals surface area contributed by atoms with Gasteiger partial charge in [0.1, 0.15) is 5.82 Å². The Morgan fingerprint density at radius 2 is 2.06 bits per heavy atom. The smallest absolute Gasteiger partial charge is 0.255 e. The van der Waals surface area contributed by atoms with Crippen LogP contribution in [0.5, 0.6) is 0 Å². The summed E-state index contributed by atoms with van der Waals surface area (Å²) in [5.74, 6) is 0.929. The molecular weight excluding hydrogens is 421 g/mol. The van der Waals surface area contributed by atoms with Gasteiger partial charge in [0.05, 0.1) is 23.4 Å². The largest absolute Gasteiger partial charge is 0.348 e. The van der Waals surface area contributed by atoms with Crippen molar-refractivity contribution < 1.29 is 14.0 Å². The zero-order valence-corrected chi connectivity index (χ0v) is 18.7. The van der Waals surface area contributed by atoms with Crippen LogP contribution in [0.15, 0.2) is 36.7 Å². The number of terminal acetylenes is 1. The van der Waals surface area contributed by atoms with Gasteiger partial charge in [0.15, 0.2) is 5.65 Å². The summed E-state index contributed by atoms with van der Waals surface area (Å²) in [7, 11) is 1.65. The van der Waals surface area contributed by atoms with E-state index in [2.05, 4.69) is 21.3 Å². The fourth-order valence-corrected chi connectivity index (χ4v) is 4.32. The van der Waals surface area contributed by atoms with E-state index in [9.17, 15) is 14.0 Å². The Bertz CT molecular complexity index is 1240. The maximum atomic E-state index is 14.0. The quantitative estimate of drug-likeness (QED) is 0.586. The number of hydrogen-bond acceptors (Lipinski definition) is 4. The lowest BCUT2D eigenvalue weighted by Crippen LogP contribution is -2.43. The van der Waals surface area contributed by atoms with Crippen LogP contribution in [0.2, 0.25) is 0 Å². The SMILES string of the molecule is C#Cc1ccc(F)c(C(=O)N[C@@H](C)CN(C)C(=O)c2cnc3c(cnn3C3CCCC3)c2)c1. The van der Waals surface area contributed by atoms with Gasteiger partial charge < -0.3 is 10.2 Å². The molecule has 1 saturated carbocycles. The van der Waals surface area contributed by atoms with Crippen LogP contribution in [0.1, 0.15) is 64.9 Å². The van der Waals surface area contributed by atoms with E-state index in [0.717, 1.165) is 23.9 Å². The molecule has 0 aliphatic heterocycles. The molecule has 1 aliphatic carbocycles. The zero-order valence-electron chi connectivity index (χ0n) is 18.7. The Morgan fingerprint density at radius 1 is 1.30 bits per heavy atom. The van der Waals surface area contributed by atoms with E-state index in [1.807, 2.05) is 4.68 Å². The van der Waals surface area contributed by atoms with Gasteiger partial charge >= 0.3 is 0 Å². The molecule has 1 atom stereocenters. The van der Waals surface area contributed by atoms with Gasteiger partial charge in [0.25, 0.3) is 11.8 Å². The number of hydrogen-bond donors (Lipinski definition) is 1. The van der Waals surface area contributed by atoms with Gasteiger partial charge in [0, 0.05) is 36.8 Å². The van der Waals surface area contributed by atoms with Crippen molar-refractivity contribution in [3.63, 3.8) is 0 Å². The third-order valence-corrected chi connectivity index (χ3v) is 6.00. The maximum Gasteiger partial charge on any atom is 0.255 e. The number of aromatic nitrogens is 3. The van der Waals surface area contributed by atoms with Gasteiger partial charge in [-0.3, -0.25) is 9.59 Å². The van der Waals surface area contributed by atoms with Gasteiger partial charge in [-0.2, -0.15) is 5.10 Å². The number of likely N-dealkylation sites (N-methyl/N-ethyl adjacent to an activating group) is 1. The second-order valence-electron chi connectivity index (χ2n) is 8.56. The molecule has 0 saturated heterocycles. The molecule has 3 aromatic rings. The molecule has 0 bridgehead atoms. The Kier molecular flexibility index (Phi) is 6.40. The van der Waals surface area contributed by atoms with Crippen LogP contribution < -0.4 is 5.32 Å². The van der Waals surface area contributed by atoms with E-state index < -0.39 is 17.8 Å². The van der Waals surface area contributed by atoms with Gasteiger partial charge in [-0.15, -0.1) is 6.42 Å². The molecule has 170 valence electrons. The number of fused-ring (bicyclic) bond motifs is 1. The number of carbonyl (C=O) groups is 2. The molecule has 33 heavy (non-hydrogen) atoms. The Balaban J connectivity index is 1.41. The monoisotopic (exact) mass is 447 g/mol. The Morgan fingerprint density at radius 3 is 2.79 bits per heavy atom. The molecule has 2 heterocycles. The van der Waals surface area contributed by atoms with Crippen LogP contribution in [0.3, 0.4) is 0 Å². The minimum atomic E-state index is -0.652. The van der Waals surface area contributed by atoms with Crippen LogP contribution in [0.25, 0.3) is 11.0 Å². The standard InChI is InChI=1S/C25H26FN5O2/c1-4-17-9-10-22(26)21(11-17)24(32)29-16(2)15-30(3)25(33)19-12-18-14-28-31(23(18)27-13-19)20-7-5-6-8-20/h1,9-14,16,20H,5-8,15H2,2-3H3,(H,29,32)/t16-/m0/s1. The first-order valence-electron chi connectivity index (χ1n) is 11.0. The van der Waals surface area contributed by atoms with Crippen molar-refractivity contribution in [3.05, 3.63) is 59.2 Å². The van der Waals surface area contributed by atoms with Crippen LogP contribution in [0, 0.1) is 18.2 Å². The summed E-state index contributed by atoms with van der Waals surface area (Å²) in [4.78, 5) is 31.4. The predicted octanol–water partition coefficient (Wildman–Crippen LogP) is 3.56. The Labute approximate surface area is 192 Å². The van der Waals surface area contributed by atoms with Crippen LogP contribution in [-0.2, 0) is 0 Å². The molecular formula is C25H26FN5O2. The van der Waals surface area contributed by atoms with E-state index in [1.54, 1.807) is 32.4 Å². The van der Waals surface area contributed by atoms with Crippen molar-refractivity contribution >= 4 is 22.8 Å². The van der Waals surface area contributed by atoms with E-state index in [-0.39, 0.29) is 18.0 Å². The molecule has 7 nitrogen and oxygen atoms in total. The maximum absolute atomic E-state index is 14.0. The minimum Gasteiger partial charge on any atom is -0.348 e. The first kappa shape index (κ1) is 22.5. The normalized spacial score (nSPS) is 14.7. The molecule has 0 radical (unpaired) electrons. The van der Waals surface area contributed by atoms with Crippen molar-refractivity contribution in [1.29, 1.82) is 0 Å². The number of nitrogens with one attached hydrogen (secondary N) is 1. The van der Waals surface area contributed by atoms with E-state index in [0.29, 0.717) is 17.2 Å². The van der Waals surface area contributed by atoms with E-state index in [4.69, 9.17) is 6.42 Å². The molecule has 2 amide bonds. The van der Waals surface area contributed by atoms with Crippen LogP contribution in [-0.4, -0.2) is 51.1 Å². The second-order valence-corrected chi connectivity index (χ2v) is 8.56. The average Bonchev–Trinajstić information content (AvgIpc) is 3.47. The van der Waals surface area contributed by atoms with Crippen LogP contribution >= 0.6 is 0 Å². The molecule has 0 spiro atoms. The first-order valence-corrected chi connectivity index (χ1v) is 11.0. The average molecular weight is 448 g/mol. The molecule has 1 N–H and O–H groups in total. The lowest BCUT2D eigenvalue weighted by Gasteiger charge is -2.22. The Hall–Kier alpha value is -3.73. The summed E-state index contributed by atoms with van der Waals surface area (Å²) in [6.45, 7) is 1.98. The van der Waals surface area contributed by atoms with E-state index in [1.165, 1.54) is 35.9 Å². The molecule has 1 aliphatic rings. The molecule has 0 unspecified atom stereocenters. The number of benzene rings is 1. The van der Waals surface area contributed by atoms with Gasteiger partial charge in [-0.25, -0.2) is 14.1 Å². The molecule has 2 aromatic heterocycles. The highest BCUT2D eigenvalue weighted by Gasteiger charge is 2.22. The number of rotatable bonds is 6. The van der Waals surface area contributed by atoms with E-state index >= 15 is 0 Å². The number of halogens is 1. The van der Waals surface area contributed by atoms with Crippen molar-refractivity contribution in [1.82, 2.24) is 25.0 Å². The predicted molar refractivity (Wildman–Crippen MR) is 123 cm³/mol. The summed E-state index contributed by atoms with van der Waals surface area (Å²) in [6.07, 6.45) is 13.2. The number of carbonyl (C=O) groups excluding carboxylic acids is 2. The fraction of sp³-hybridized carbons (Fsp3) is 0.360. The van der Waals surface area contributed by atoms with Crippen molar-refractivity contribution in [2.45, 2.75) is 44.7 Å². The molecule has 4 rings (SSSR count). The third kappa shape index (κ3) is 4.72. The molecule has 8 heteroatoms. The number of nitrogens with zero attached hydrogens (tertiary/aromatic N) is 4. The fourth-order valence-electron chi connectivity index (χ4n) is 4.32. The lowest BCUT2D eigenvalue weighted by molar-refractivity contribution is 0.0768. The van der Waals surface area contributed by atoms with Gasteiger partial charge in [-0.05, 0) is 44.0 Å². The van der Waals surface area contributed by atoms with Gasteiger partial charge in [-0.1, -0.05) is 18.8 Å². The van der Waals surface area contributed by atoms with Crippen molar-refractivity contribution in [2.75, 3.05) is 13.6 Å². The minimum absolute atomic E-state index is 0.125. The molecule has 1 fully saturated rings. The third-order valence-electron chi connectivity index (χ3n) is 6.00. The molecule has 1 aromatic carbocycles. The highest BCUT2D eigenvalue weighted by molar-refractivity contribution is 5.97. The van der Waals surface area contributed by atoms with Crippen LogP contribution in [0.4, 0.5) is 4.39 Å². The summed E-state index contributed by atoms with van der Waals surface area (Å²) >= 11 is 0. The highest BCUT2D eigenvalue weighted by Crippen LogP contribution is 2.31. The summed E-state index contributed by atoms with van der Waals surface area (Å²) in [5, 5.41) is 8.04.